The molecule has 2 aromatic carbocycles. The van der Waals surface area contributed by atoms with Crippen molar-refractivity contribution in [1.29, 1.82) is 0 Å². The number of aromatic nitrogens is 1. The molecule has 0 saturated heterocycles. The van der Waals surface area contributed by atoms with E-state index in [-0.39, 0.29) is 18.4 Å². The van der Waals surface area contributed by atoms with Gasteiger partial charge in [0.2, 0.25) is 0 Å². The molecule has 0 saturated carbocycles. The van der Waals surface area contributed by atoms with Gasteiger partial charge in [-0.1, -0.05) is 55.5 Å². The van der Waals surface area contributed by atoms with Gasteiger partial charge in [0, 0.05) is 30.6 Å². The Labute approximate surface area is 148 Å². The van der Waals surface area contributed by atoms with Crippen LogP contribution in [0.1, 0.15) is 29.4 Å². The van der Waals surface area contributed by atoms with E-state index >= 15 is 0 Å². The maximum absolute atomic E-state index is 12.7. The van der Waals surface area contributed by atoms with E-state index < -0.39 is 0 Å². The van der Waals surface area contributed by atoms with E-state index in [0.29, 0.717) is 25.2 Å². The van der Waals surface area contributed by atoms with Crippen LogP contribution in [0.15, 0.2) is 60.7 Å². The molecule has 1 unspecified atom stereocenters. The fourth-order valence-corrected chi connectivity index (χ4v) is 3.01. The van der Waals surface area contributed by atoms with E-state index in [1.807, 2.05) is 55.5 Å². The number of aliphatic hydroxyl groups is 1. The summed E-state index contributed by atoms with van der Waals surface area (Å²) in [5, 5.41) is 13.1. The average Bonchev–Trinajstić information content (AvgIpc) is 3.00. The van der Waals surface area contributed by atoms with Crippen molar-refractivity contribution in [3.05, 3.63) is 71.9 Å². The number of benzene rings is 2. The quantitative estimate of drug-likeness (QED) is 0.694. The predicted octanol–water partition coefficient (Wildman–Crippen LogP) is 3.44. The van der Waals surface area contributed by atoms with Crippen molar-refractivity contribution in [1.82, 2.24) is 9.88 Å². The molecule has 4 heteroatoms. The van der Waals surface area contributed by atoms with Crippen LogP contribution in [0.25, 0.3) is 10.9 Å². The summed E-state index contributed by atoms with van der Waals surface area (Å²) in [6, 6.07) is 20.2. The van der Waals surface area contributed by atoms with Crippen LogP contribution >= 0.6 is 0 Å². The van der Waals surface area contributed by atoms with Crippen LogP contribution in [0, 0.1) is 5.92 Å². The summed E-state index contributed by atoms with van der Waals surface area (Å²) in [4.78, 5) is 12.7. The number of para-hydroxylation sites is 1. The van der Waals surface area contributed by atoms with Gasteiger partial charge in [-0.3, -0.25) is 4.79 Å². The van der Waals surface area contributed by atoms with Gasteiger partial charge in [0.25, 0.3) is 5.91 Å². The Kier molecular flexibility index (Phi) is 5.51. The summed E-state index contributed by atoms with van der Waals surface area (Å²) in [6.45, 7) is 3.39. The lowest BCUT2D eigenvalue weighted by molar-refractivity contribution is 0.0937. The fraction of sp³-hybridized carbons (Fsp3) is 0.286. The smallest absolute Gasteiger partial charge is 0.267 e. The molecule has 1 aromatic heterocycles. The molecule has 0 fully saturated rings. The fourth-order valence-electron chi connectivity index (χ4n) is 3.01. The first-order valence-corrected chi connectivity index (χ1v) is 8.70. The van der Waals surface area contributed by atoms with Gasteiger partial charge in [-0.2, -0.15) is 0 Å². The summed E-state index contributed by atoms with van der Waals surface area (Å²) < 4.78 is 2.07. The van der Waals surface area contributed by atoms with Gasteiger partial charge < -0.3 is 15.0 Å². The molecule has 0 aliphatic heterocycles. The number of nitrogens with zero attached hydrogens (tertiary/aromatic N) is 1. The van der Waals surface area contributed by atoms with Crippen LogP contribution in [0.3, 0.4) is 0 Å². The number of fused-ring (bicyclic) bond motifs is 1. The van der Waals surface area contributed by atoms with Gasteiger partial charge in [0.15, 0.2) is 0 Å². The highest BCUT2D eigenvalue weighted by molar-refractivity contribution is 5.98. The molecule has 1 heterocycles. The number of amides is 1. The standard InChI is InChI=1S/C21H24N2O2/c1-16(11-12-24)14-22-21(25)20-13-18-9-5-6-10-19(18)23(20)15-17-7-3-2-4-8-17/h2-10,13,16,24H,11-12,14-15H2,1H3,(H,22,25). The zero-order valence-electron chi connectivity index (χ0n) is 14.5. The van der Waals surface area contributed by atoms with E-state index in [0.717, 1.165) is 16.5 Å². The van der Waals surface area contributed by atoms with Crippen molar-refractivity contribution in [3.63, 3.8) is 0 Å². The van der Waals surface area contributed by atoms with E-state index in [4.69, 9.17) is 5.11 Å². The maximum Gasteiger partial charge on any atom is 0.267 e. The van der Waals surface area contributed by atoms with E-state index in [9.17, 15) is 4.79 Å². The van der Waals surface area contributed by atoms with Crippen LogP contribution in [0.5, 0.6) is 0 Å². The normalized spacial score (nSPS) is 12.2. The molecular weight excluding hydrogens is 312 g/mol. The molecule has 2 N–H and O–H groups in total. The van der Waals surface area contributed by atoms with Gasteiger partial charge in [-0.15, -0.1) is 0 Å². The molecule has 25 heavy (non-hydrogen) atoms. The molecular formula is C21H24N2O2. The molecule has 0 radical (unpaired) electrons. The lowest BCUT2D eigenvalue weighted by Gasteiger charge is -2.14. The van der Waals surface area contributed by atoms with Crippen molar-refractivity contribution in [2.75, 3.05) is 13.2 Å². The second kappa shape index (κ2) is 7.99. The third kappa shape index (κ3) is 4.09. The first-order chi connectivity index (χ1) is 12.2. The number of carbonyl (C=O) groups is 1. The highest BCUT2D eigenvalue weighted by Crippen LogP contribution is 2.21. The van der Waals surface area contributed by atoms with Crippen molar-refractivity contribution in [3.8, 4) is 0 Å². The van der Waals surface area contributed by atoms with E-state index in [1.165, 1.54) is 0 Å². The number of rotatable bonds is 7. The zero-order valence-corrected chi connectivity index (χ0v) is 14.5. The molecule has 130 valence electrons. The van der Waals surface area contributed by atoms with Crippen LogP contribution < -0.4 is 5.32 Å². The summed E-state index contributed by atoms with van der Waals surface area (Å²) in [6.07, 6.45) is 0.688. The Morgan fingerprint density at radius 1 is 1.12 bits per heavy atom. The molecule has 0 bridgehead atoms. The van der Waals surface area contributed by atoms with Gasteiger partial charge in [-0.05, 0) is 30.0 Å². The second-order valence-electron chi connectivity index (χ2n) is 6.49. The molecule has 1 atom stereocenters. The third-order valence-electron chi connectivity index (χ3n) is 4.46. The Bertz CT molecular complexity index is 839. The summed E-state index contributed by atoms with van der Waals surface area (Å²) in [5.74, 6) is 0.179. The van der Waals surface area contributed by atoms with Crippen LogP contribution in [0.2, 0.25) is 0 Å². The van der Waals surface area contributed by atoms with Crippen molar-refractivity contribution < 1.29 is 9.90 Å². The largest absolute Gasteiger partial charge is 0.396 e. The van der Waals surface area contributed by atoms with Gasteiger partial charge >= 0.3 is 0 Å². The zero-order chi connectivity index (χ0) is 17.6. The van der Waals surface area contributed by atoms with Crippen molar-refractivity contribution in [2.24, 2.45) is 5.92 Å². The minimum atomic E-state index is -0.0723. The number of nitrogens with one attached hydrogen (secondary N) is 1. The van der Waals surface area contributed by atoms with Crippen LogP contribution in [-0.2, 0) is 6.54 Å². The Balaban J connectivity index is 1.88. The highest BCUT2D eigenvalue weighted by atomic mass is 16.3. The molecule has 1 amide bonds. The second-order valence-corrected chi connectivity index (χ2v) is 6.49. The molecule has 0 spiro atoms. The maximum atomic E-state index is 12.7. The third-order valence-corrected chi connectivity index (χ3v) is 4.46. The van der Waals surface area contributed by atoms with Gasteiger partial charge in [0.05, 0.1) is 0 Å². The van der Waals surface area contributed by atoms with E-state index in [2.05, 4.69) is 22.0 Å². The molecule has 3 rings (SSSR count). The van der Waals surface area contributed by atoms with Crippen LogP contribution in [-0.4, -0.2) is 28.7 Å². The first-order valence-electron chi connectivity index (χ1n) is 8.70. The number of hydrogen-bond acceptors (Lipinski definition) is 2. The number of aliphatic hydroxyl groups excluding tert-OH is 1. The average molecular weight is 336 g/mol. The molecule has 4 nitrogen and oxygen atoms in total. The number of hydrogen-bond donors (Lipinski definition) is 2. The van der Waals surface area contributed by atoms with Crippen molar-refractivity contribution in [2.45, 2.75) is 19.9 Å². The Morgan fingerprint density at radius 2 is 1.84 bits per heavy atom. The number of carbonyl (C=O) groups excluding carboxylic acids is 1. The minimum Gasteiger partial charge on any atom is -0.396 e. The molecule has 0 aliphatic carbocycles. The lowest BCUT2D eigenvalue weighted by Crippen LogP contribution is -2.30. The minimum absolute atomic E-state index is 0.0723. The highest BCUT2D eigenvalue weighted by Gasteiger charge is 2.16. The Morgan fingerprint density at radius 3 is 2.60 bits per heavy atom. The van der Waals surface area contributed by atoms with Crippen LogP contribution in [0.4, 0.5) is 0 Å². The van der Waals surface area contributed by atoms with E-state index in [1.54, 1.807) is 0 Å². The summed E-state index contributed by atoms with van der Waals surface area (Å²) in [5.41, 5.74) is 2.88. The predicted molar refractivity (Wildman–Crippen MR) is 101 cm³/mol. The summed E-state index contributed by atoms with van der Waals surface area (Å²) >= 11 is 0. The first kappa shape index (κ1) is 17.2. The SMILES string of the molecule is CC(CCO)CNC(=O)c1cc2ccccc2n1Cc1ccccc1. The molecule has 0 aliphatic rings. The summed E-state index contributed by atoms with van der Waals surface area (Å²) in [7, 11) is 0. The molecule has 3 aromatic rings. The lowest BCUT2D eigenvalue weighted by atomic mass is 10.1. The van der Waals surface area contributed by atoms with Crippen molar-refractivity contribution >= 4 is 16.8 Å². The Hall–Kier alpha value is -2.59. The topological polar surface area (TPSA) is 54.3 Å². The van der Waals surface area contributed by atoms with Gasteiger partial charge in [0.1, 0.15) is 5.69 Å². The van der Waals surface area contributed by atoms with Gasteiger partial charge in [-0.25, -0.2) is 0 Å². The monoisotopic (exact) mass is 336 g/mol.